The maximum Gasteiger partial charge on any atom is 0.243 e. The zero-order valence-corrected chi connectivity index (χ0v) is 13.9. The van der Waals surface area contributed by atoms with E-state index in [1.807, 2.05) is 6.92 Å². The second kappa shape index (κ2) is 5.83. The number of carbonyl (C=O) groups is 1. The van der Waals surface area contributed by atoms with Crippen LogP contribution < -0.4 is 0 Å². The molecule has 1 saturated heterocycles. The van der Waals surface area contributed by atoms with Crippen molar-refractivity contribution in [2.45, 2.75) is 18.2 Å². The molecule has 0 saturated carbocycles. The molecular weight excluding hydrogens is 344 g/mol. The summed E-state index contributed by atoms with van der Waals surface area (Å²) in [5.41, 5.74) is 0.851. The lowest BCUT2D eigenvalue weighted by Crippen LogP contribution is -2.38. The summed E-state index contributed by atoms with van der Waals surface area (Å²) < 4.78 is 27.3. The van der Waals surface area contributed by atoms with Crippen molar-refractivity contribution in [3.05, 3.63) is 28.2 Å². The average molecular weight is 361 g/mol. The van der Waals surface area contributed by atoms with Crippen molar-refractivity contribution in [1.82, 2.24) is 9.21 Å². The molecule has 1 fully saturated rings. The Hall–Kier alpha value is -0.920. The number of carbonyl (C=O) groups excluding carboxylic acids is 1. The van der Waals surface area contributed by atoms with Gasteiger partial charge in [-0.1, -0.05) is 15.9 Å². The maximum absolute atomic E-state index is 12.6. The van der Waals surface area contributed by atoms with Crippen LogP contribution in [0, 0.1) is 6.92 Å². The monoisotopic (exact) mass is 360 g/mol. The number of likely N-dealkylation sites (N-methyl/N-ethyl adjacent to an activating group) is 1. The molecule has 1 aromatic carbocycles. The molecule has 1 aliphatic heterocycles. The van der Waals surface area contributed by atoms with Crippen molar-refractivity contribution in [3.63, 3.8) is 0 Å². The number of sulfonamides is 1. The van der Waals surface area contributed by atoms with Gasteiger partial charge in [0.05, 0.1) is 11.4 Å². The molecule has 5 nitrogen and oxygen atoms in total. The highest BCUT2D eigenvalue weighted by molar-refractivity contribution is 9.10. The predicted molar refractivity (Wildman–Crippen MR) is 79.9 cm³/mol. The van der Waals surface area contributed by atoms with Gasteiger partial charge in [0.15, 0.2) is 0 Å². The van der Waals surface area contributed by atoms with Crippen LogP contribution in [0.1, 0.15) is 12.0 Å². The van der Waals surface area contributed by atoms with Crippen molar-refractivity contribution in [2.24, 2.45) is 0 Å². The minimum atomic E-state index is -3.62. The van der Waals surface area contributed by atoms with Gasteiger partial charge in [-0.25, -0.2) is 8.42 Å². The molecule has 1 aromatic rings. The molecule has 0 unspecified atom stereocenters. The minimum Gasteiger partial charge on any atom is -0.345 e. The first kappa shape index (κ1) is 15.5. The highest BCUT2D eigenvalue weighted by atomic mass is 79.9. The van der Waals surface area contributed by atoms with Crippen LogP contribution in [0.4, 0.5) is 0 Å². The molecule has 0 spiro atoms. The third-order valence-corrected chi connectivity index (χ3v) is 6.14. The molecule has 1 heterocycles. The van der Waals surface area contributed by atoms with E-state index in [2.05, 4.69) is 15.9 Å². The Labute approximate surface area is 127 Å². The lowest BCUT2D eigenvalue weighted by atomic mass is 10.2. The summed E-state index contributed by atoms with van der Waals surface area (Å²) in [5, 5.41) is 0. The number of hydrogen-bond acceptors (Lipinski definition) is 3. The average Bonchev–Trinajstić information content (AvgIpc) is 2.56. The summed E-state index contributed by atoms with van der Waals surface area (Å²) in [5.74, 6) is -0.167. The van der Waals surface area contributed by atoms with Crippen LogP contribution in [0.2, 0.25) is 0 Å². The first-order valence-electron chi connectivity index (χ1n) is 6.32. The highest BCUT2D eigenvalue weighted by Crippen LogP contribution is 2.23. The zero-order chi connectivity index (χ0) is 14.9. The van der Waals surface area contributed by atoms with Crippen LogP contribution in [0.3, 0.4) is 0 Å². The van der Waals surface area contributed by atoms with E-state index < -0.39 is 10.0 Å². The van der Waals surface area contributed by atoms with Gasteiger partial charge in [0, 0.05) is 24.6 Å². The number of nitrogens with zero attached hydrogens (tertiary/aromatic N) is 2. The summed E-state index contributed by atoms with van der Waals surface area (Å²) in [6.07, 6.45) is 0.650. The van der Waals surface area contributed by atoms with E-state index in [0.717, 1.165) is 10.0 Å². The van der Waals surface area contributed by atoms with Crippen LogP contribution in [-0.4, -0.2) is 50.2 Å². The SMILES string of the molecule is Cc1cc(S(=O)(=O)N2CCCN(C)C(=O)C2)ccc1Br. The summed E-state index contributed by atoms with van der Waals surface area (Å²) >= 11 is 3.35. The van der Waals surface area contributed by atoms with Crippen molar-refractivity contribution < 1.29 is 13.2 Å². The van der Waals surface area contributed by atoms with Gasteiger partial charge in [0.1, 0.15) is 0 Å². The number of halogens is 1. The van der Waals surface area contributed by atoms with Gasteiger partial charge in [-0.2, -0.15) is 4.31 Å². The van der Waals surface area contributed by atoms with E-state index in [1.54, 1.807) is 30.1 Å². The fourth-order valence-corrected chi connectivity index (χ4v) is 3.85. The third-order valence-electron chi connectivity index (χ3n) is 3.41. The van der Waals surface area contributed by atoms with Crippen molar-refractivity contribution in [3.8, 4) is 0 Å². The Morgan fingerprint density at radius 1 is 1.25 bits per heavy atom. The molecule has 1 amide bonds. The number of hydrogen-bond donors (Lipinski definition) is 0. The second-order valence-electron chi connectivity index (χ2n) is 4.92. The Morgan fingerprint density at radius 3 is 2.60 bits per heavy atom. The summed E-state index contributed by atoms with van der Waals surface area (Å²) in [7, 11) is -1.92. The highest BCUT2D eigenvalue weighted by Gasteiger charge is 2.29. The van der Waals surface area contributed by atoms with Gasteiger partial charge in [-0.05, 0) is 37.1 Å². The van der Waals surface area contributed by atoms with Crippen LogP contribution in [0.15, 0.2) is 27.6 Å². The van der Waals surface area contributed by atoms with Gasteiger partial charge >= 0.3 is 0 Å². The lowest BCUT2D eigenvalue weighted by molar-refractivity contribution is -0.129. The summed E-state index contributed by atoms with van der Waals surface area (Å²) in [4.78, 5) is 13.6. The molecule has 1 aliphatic rings. The van der Waals surface area contributed by atoms with Crippen LogP contribution in [-0.2, 0) is 14.8 Å². The number of benzene rings is 1. The second-order valence-corrected chi connectivity index (χ2v) is 7.71. The van der Waals surface area contributed by atoms with Crippen LogP contribution in [0.25, 0.3) is 0 Å². The minimum absolute atomic E-state index is 0.0893. The molecular formula is C13H17BrN2O3S. The maximum atomic E-state index is 12.6. The van der Waals surface area contributed by atoms with Crippen molar-refractivity contribution in [2.75, 3.05) is 26.7 Å². The van der Waals surface area contributed by atoms with E-state index in [-0.39, 0.29) is 17.3 Å². The summed E-state index contributed by atoms with van der Waals surface area (Å²) in [6, 6.07) is 4.90. The quantitative estimate of drug-likeness (QED) is 0.804. The van der Waals surface area contributed by atoms with Gasteiger partial charge in [0.2, 0.25) is 15.9 Å². The van der Waals surface area contributed by atoms with E-state index in [9.17, 15) is 13.2 Å². The first-order chi connectivity index (χ1) is 9.32. The van der Waals surface area contributed by atoms with Crippen LogP contribution >= 0.6 is 15.9 Å². The molecule has 0 aliphatic carbocycles. The topological polar surface area (TPSA) is 57.7 Å². The van der Waals surface area contributed by atoms with Gasteiger partial charge in [0.25, 0.3) is 0 Å². The van der Waals surface area contributed by atoms with Crippen molar-refractivity contribution >= 4 is 31.9 Å². The fraction of sp³-hybridized carbons (Fsp3) is 0.462. The Morgan fingerprint density at radius 2 is 1.95 bits per heavy atom. The van der Waals surface area contributed by atoms with E-state index >= 15 is 0 Å². The van der Waals surface area contributed by atoms with Gasteiger partial charge < -0.3 is 4.90 Å². The lowest BCUT2D eigenvalue weighted by Gasteiger charge is -2.19. The first-order valence-corrected chi connectivity index (χ1v) is 8.56. The molecule has 0 radical (unpaired) electrons. The molecule has 0 aromatic heterocycles. The number of rotatable bonds is 2. The Bertz CT molecular complexity index is 631. The summed E-state index contributed by atoms with van der Waals surface area (Å²) in [6.45, 7) is 2.70. The van der Waals surface area contributed by atoms with E-state index in [0.29, 0.717) is 19.5 Å². The van der Waals surface area contributed by atoms with E-state index in [1.165, 1.54) is 4.31 Å². The molecule has 0 bridgehead atoms. The van der Waals surface area contributed by atoms with Crippen LogP contribution in [0.5, 0.6) is 0 Å². The predicted octanol–water partition coefficient (Wildman–Crippen LogP) is 1.61. The fourth-order valence-electron chi connectivity index (χ4n) is 2.09. The van der Waals surface area contributed by atoms with E-state index in [4.69, 9.17) is 0 Å². The molecule has 110 valence electrons. The largest absolute Gasteiger partial charge is 0.345 e. The molecule has 0 N–H and O–H groups in total. The normalized spacial score (nSPS) is 18.1. The molecule has 7 heteroatoms. The molecule has 0 atom stereocenters. The van der Waals surface area contributed by atoms with Gasteiger partial charge in [-0.3, -0.25) is 4.79 Å². The smallest absolute Gasteiger partial charge is 0.243 e. The third kappa shape index (κ3) is 3.05. The number of aryl methyl sites for hydroxylation is 1. The molecule has 20 heavy (non-hydrogen) atoms. The Balaban J connectivity index is 2.34. The number of amides is 1. The molecule has 2 rings (SSSR count). The standard InChI is InChI=1S/C13H17BrN2O3S/c1-10-8-11(4-5-12(10)14)20(18,19)16-7-3-6-15(2)13(17)9-16/h4-5,8H,3,6-7,9H2,1-2H3. The van der Waals surface area contributed by atoms with Gasteiger partial charge in [-0.15, -0.1) is 0 Å². The Kier molecular flexibility index (Phi) is 4.51. The van der Waals surface area contributed by atoms with Crippen molar-refractivity contribution in [1.29, 1.82) is 0 Å². The zero-order valence-electron chi connectivity index (χ0n) is 11.5.